The number of hydrazone groups is 1. The predicted octanol–water partition coefficient (Wildman–Crippen LogP) is 5.39. The number of fused-ring (bicyclic) bond motifs is 1. The summed E-state index contributed by atoms with van der Waals surface area (Å²) in [6.07, 6.45) is 3.52. The number of hydrogen-bond donors (Lipinski definition) is 2. The van der Waals surface area contributed by atoms with Crippen molar-refractivity contribution in [2.24, 2.45) is 11.0 Å². The number of hydrogen-bond acceptors (Lipinski definition) is 3. The molecule has 0 spiro atoms. The molecule has 1 unspecified atom stereocenters. The van der Waals surface area contributed by atoms with Crippen LogP contribution in [0.1, 0.15) is 35.3 Å². The van der Waals surface area contributed by atoms with Crippen molar-refractivity contribution in [2.75, 3.05) is 0 Å². The van der Waals surface area contributed by atoms with Gasteiger partial charge in [-0.05, 0) is 53.9 Å². The van der Waals surface area contributed by atoms with Crippen LogP contribution in [0.25, 0.3) is 10.9 Å². The largest absolute Gasteiger partial charge is 0.342 e. The molecular weight excluding hydrogens is 479 g/mol. The zero-order valence-corrected chi connectivity index (χ0v) is 20.7. The van der Waals surface area contributed by atoms with E-state index in [2.05, 4.69) is 20.4 Å². The van der Waals surface area contributed by atoms with Crippen molar-refractivity contribution in [3.63, 3.8) is 0 Å². The third kappa shape index (κ3) is 5.98. The van der Waals surface area contributed by atoms with Crippen LogP contribution in [0.5, 0.6) is 0 Å². The highest BCUT2D eigenvalue weighted by atomic mass is 35.5. The predicted molar refractivity (Wildman–Crippen MR) is 141 cm³/mol. The summed E-state index contributed by atoms with van der Waals surface area (Å²) in [5, 5.41) is 8.42. The summed E-state index contributed by atoms with van der Waals surface area (Å²) in [7, 11) is 0. The van der Waals surface area contributed by atoms with E-state index < -0.39 is 11.9 Å². The first-order valence-electron chi connectivity index (χ1n) is 11.5. The van der Waals surface area contributed by atoms with E-state index in [9.17, 15) is 14.0 Å². The van der Waals surface area contributed by atoms with Crippen LogP contribution in [-0.2, 0) is 11.3 Å². The topological polar surface area (TPSA) is 75.5 Å². The zero-order chi connectivity index (χ0) is 25.7. The van der Waals surface area contributed by atoms with Crippen molar-refractivity contribution in [1.82, 2.24) is 15.3 Å². The molecule has 2 N–H and O–H groups in total. The molecule has 0 saturated carbocycles. The van der Waals surface area contributed by atoms with Crippen LogP contribution in [0.2, 0.25) is 5.02 Å². The number of rotatable bonds is 8. The van der Waals surface area contributed by atoms with Crippen molar-refractivity contribution in [3.05, 3.63) is 107 Å². The molecule has 6 nitrogen and oxygen atoms in total. The molecule has 3 aromatic carbocycles. The minimum Gasteiger partial charge on any atom is -0.342 e. The molecule has 1 atom stereocenters. The maximum absolute atomic E-state index is 13.3. The van der Waals surface area contributed by atoms with Crippen LogP contribution in [0.15, 0.2) is 84.1 Å². The number of carbonyl (C=O) groups excluding carboxylic acids is 2. The molecule has 4 aromatic rings. The van der Waals surface area contributed by atoms with E-state index in [-0.39, 0.29) is 17.6 Å². The normalized spacial score (nSPS) is 12.2. The number of halogens is 2. The molecule has 0 radical (unpaired) electrons. The zero-order valence-electron chi connectivity index (χ0n) is 19.9. The van der Waals surface area contributed by atoms with Crippen LogP contribution in [0.4, 0.5) is 4.39 Å². The van der Waals surface area contributed by atoms with E-state index in [1.54, 1.807) is 42.6 Å². The lowest BCUT2D eigenvalue weighted by Gasteiger charge is -2.20. The van der Waals surface area contributed by atoms with Crippen LogP contribution in [0.3, 0.4) is 0 Å². The lowest BCUT2D eigenvalue weighted by atomic mass is 10.0. The molecular formula is C28H26ClFN4O2. The molecule has 0 aliphatic heterocycles. The molecule has 8 heteroatoms. The summed E-state index contributed by atoms with van der Waals surface area (Å²) in [5.74, 6) is -1.22. The van der Waals surface area contributed by atoms with Gasteiger partial charge >= 0.3 is 0 Å². The van der Waals surface area contributed by atoms with Crippen LogP contribution in [-0.4, -0.2) is 28.6 Å². The Morgan fingerprint density at radius 3 is 2.42 bits per heavy atom. The number of amides is 2. The number of nitrogens with zero attached hydrogens (tertiary/aromatic N) is 2. The number of benzene rings is 3. The molecule has 4 rings (SSSR count). The Balaban J connectivity index is 1.47. The summed E-state index contributed by atoms with van der Waals surface area (Å²) in [6, 6.07) is 19.9. The molecule has 0 bridgehead atoms. The number of carbonyl (C=O) groups is 2. The first kappa shape index (κ1) is 25.1. The first-order chi connectivity index (χ1) is 17.3. The summed E-state index contributed by atoms with van der Waals surface area (Å²) >= 11 is 5.89. The van der Waals surface area contributed by atoms with E-state index in [1.807, 2.05) is 44.3 Å². The van der Waals surface area contributed by atoms with Gasteiger partial charge in [0.15, 0.2) is 0 Å². The van der Waals surface area contributed by atoms with Gasteiger partial charge in [0, 0.05) is 39.8 Å². The Labute approximate surface area is 213 Å². The SMILES string of the molecule is CC(C)C(NC(=O)c1ccc(Cl)cc1)C(=O)NN=Cc1cn(Cc2ccc(F)cc2)c2ccccc12. The summed E-state index contributed by atoms with van der Waals surface area (Å²) < 4.78 is 15.3. The molecule has 0 aliphatic rings. The van der Waals surface area contributed by atoms with Gasteiger partial charge in [-0.1, -0.05) is 55.8 Å². The third-order valence-electron chi connectivity index (χ3n) is 5.81. The van der Waals surface area contributed by atoms with E-state index in [1.165, 1.54) is 12.1 Å². The van der Waals surface area contributed by atoms with Crippen LogP contribution in [0, 0.1) is 11.7 Å². The maximum Gasteiger partial charge on any atom is 0.262 e. The van der Waals surface area contributed by atoms with Crippen molar-refractivity contribution in [2.45, 2.75) is 26.4 Å². The van der Waals surface area contributed by atoms with Gasteiger partial charge in [-0.2, -0.15) is 5.10 Å². The highest BCUT2D eigenvalue weighted by Crippen LogP contribution is 2.21. The molecule has 0 fully saturated rings. The maximum atomic E-state index is 13.3. The van der Waals surface area contributed by atoms with Gasteiger partial charge < -0.3 is 9.88 Å². The Bertz CT molecular complexity index is 1400. The monoisotopic (exact) mass is 504 g/mol. The lowest BCUT2D eigenvalue weighted by molar-refractivity contribution is -0.123. The van der Waals surface area contributed by atoms with Gasteiger partial charge in [0.2, 0.25) is 0 Å². The minimum absolute atomic E-state index is 0.158. The Kier molecular flexibility index (Phi) is 7.80. The third-order valence-corrected chi connectivity index (χ3v) is 6.06. The fraction of sp³-hybridized carbons (Fsp3) is 0.179. The van der Waals surface area contributed by atoms with Gasteiger partial charge in [0.25, 0.3) is 11.8 Å². The Morgan fingerprint density at radius 2 is 1.72 bits per heavy atom. The lowest BCUT2D eigenvalue weighted by Crippen LogP contribution is -2.48. The van der Waals surface area contributed by atoms with Gasteiger partial charge in [-0.25, -0.2) is 9.82 Å². The van der Waals surface area contributed by atoms with Crippen LogP contribution < -0.4 is 10.7 Å². The van der Waals surface area contributed by atoms with Gasteiger partial charge in [0.05, 0.1) is 6.21 Å². The smallest absolute Gasteiger partial charge is 0.262 e. The van der Waals surface area contributed by atoms with E-state index in [0.29, 0.717) is 17.1 Å². The highest BCUT2D eigenvalue weighted by Gasteiger charge is 2.24. The quantitative estimate of drug-likeness (QED) is 0.249. The average molecular weight is 505 g/mol. The number of aromatic nitrogens is 1. The number of nitrogens with one attached hydrogen (secondary N) is 2. The number of para-hydroxylation sites is 1. The van der Waals surface area contributed by atoms with Gasteiger partial charge in [-0.15, -0.1) is 0 Å². The summed E-state index contributed by atoms with van der Waals surface area (Å²) in [6.45, 7) is 4.26. The van der Waals surface area contributed by atoms with E-state index in [0.717, 1.165) is 22.0 Å². The van der Waals surface area contributed by atoms with Crippen molar-refractivity contribution >= 4 is 40.5 Å². The fourth-order valence-corrected chi connectivity index (χ4v) is 4.02. The second kappa shape index (κ2) is 11.2. The highest BCUT2D eigenvalue weighted by molar-refractivity contribution is 6.30. The molecule has 1 heterocycles. The minimum atomic E-state index is -0.773. The van der Waals surface area contributed by atoms with Crippen LogP contribution >= 0.6 is 11.6 Å². The summed E-state index contributed by atoms with van der Waals surface area (Å²) in [5.41, 5.74) is 5.74. The molecule has 0 saturated heterocycles. The van der Waals surface area contributed by atoms with Crippen molar-refractivity contribution in [1.29, 1.82) is 0 Å². The standard InChI is InChI=1S/C28H26ClFN4O2/c1-18(2)26(32-27(35)20-9-11-22(29)12-10-20)28(36)33-31-15-21-17-34(25-6-4-3-5-24(21)25)16-19-7-13-23(30)14-8-19/h3-15,17-18,26H,16H2,1-2H3,(H,32,35)(H,33,36). The Hall–Kier alpha value is -3.97. The second-order valence-electron chi connectivity index (χ2n) is 8.79. The van der Waals surface area contributed by atoms with E-state index >= 15 is 0 Å². The second-order valence-corrected chi connectivity index (χ2v) is 9.23. The molecule has 184 valence electrons. The average Bonchev–Trinajstić information content (AvgIpc) is 3.21. The van der Waals surface area contributed by atoms with Crippen molar-refractivity contribution < 1.29 is 14.0 Å². The molecule has 1 aromatic heterocycles. The van der Waals surface area contributed by atoms with E-state index in [4.69, 9.17) is 11.6 Å². The molecule has 2 amide bonds. The van der Waals surface area contributed by atoms with Crippen molar-refractivity contribution in [3.8, 4) is 0 Å². The van der Waals surface area contributed by atoms with Gasteiger partial charge in [0.1, 0.15) is 11.9 Å². The molecule has 36 heavy (non-hydrogen) atoms. The Morgan fingerprint density at radius 1 is 1.03 bits per heavy atom. The van der Waals surface area contributed by atoms with Gasteiger partial charge in [-0.3, -0.25) is 9.59 Å². The fourth-order valence-electron chi connectivity index (χ4n) is 3.89. The molecule has 0 aliphatic carbocycles. The first-order valence-corrected chi connectivity index (χ1v) is 11.9. The summed E-state index contributed by atoms with van der Waals surface area (Å²) in [4.78, 5) is 25.4.